The lowest BCUT2D eigenvalue weighted by Gasteiger charge is -2.43. The van der Waals surface area contributed by atoms with Crippen LogP contribution in [0.3, 0.4) is 0 Å². The number of carbonyl (C=O) groups is 1. The van der Waals surface area contributed by atoms with E-state index in [9.17, 15) is 4.79 Å². The molecule has 20 heavy (non-hydrogen) atoms. The lowest BCUT2D eigenvalue weighted by atomic mass is 9.74. The Morgan fingerprint density at radius 3 is 2.75 bits per heavy atom. The van der Waals surface area contributed by atoms with Gasteiger partial charge in [0, 0.05) is 18.9 Å². The monoisotopic (exact) mass is 279 g/mol. The smallest absolute Gasteiger partial charge is 0.136 e. The SMILES string of the molecule is O=C(CC1CCCNC1)C1CCOC2(CCCCC2)C1. The van der Waals surface area contributed by atoms with Gasteiger partial charge in [-0.2, -0.15) is 0 Å². The van der Waals surface area contributed by atoms with Gasteiger partial charge in [-0.1, -0.05) is 19.3 Å². The summed E-state index contributed by atoms with van der Waals surface area (Å²) in [5, 5.41) is 3.42. The summed E-state index contributed by atoms with van der Waals surface area (Å²) in [6.07, 6.45) is 11.5. The van der Waals surface area contributed by atoms with Gasteiger partial charge in [-0.05, 0) is 57.5 Å². The maximum atomic E-state index is 12.6. The number of hydrogen-bond acceptors (Lipinski definition) is 3. The van der Waals surface area contributed by atoms with E-state index in [1.807, 2.05) is 0 Å². The van der Waals surface area contributed by atoms with Crippen LogP contribution in [0.5, 0.6) is 0 Å². The average molecular weight is 279 g/mol. The molecule has 0 amide bonds. The van der Waals surface area contributed by atoms with E-state index in [-0.39, 0.29) is 11.5 Å². The Labute approximate surface area is 122 Å². The zero-order valence-electron chi connectivity index (χ0n) is 12.7. The second-order valence-electron chi connectivity index (χ2n) is 7.16. The van der Waals surface area contributed by atoms with Gasteiger partial charge in [0.05, 0.1) is 5.60 Å². The minimum absolute atomic E-state index is 0.0711. The van der Waals surface area contributed by atoms with Gasteiger partial charge in [-0.25, -0.2) is 0 Å². The van der Waals surface area contributed by atoms with E-state index in [1.165, 1.54) is 44.9 Å². The molecular weight excluding hydrogens is 250 g/mol. The van der Waals surface area contributed by atoms with Gasteiger partial charge in [0.15, 0.2) is 0 Å². The fourth-order valence-corrected chi connectivity index (χ4v) is 4.40. The van der Waals surface area contributed by atoms with Crippen molar-refractivity contribution in [1.29, 1.82) is 0 Å². The van der Waals surface area contributed by atoms with E-state index in [4.69, 9.17) is 4.74 Å². The van der Waals surface area contributed by atoms with Crippen molar-refractivity contribution in [3.63, 3.8) is 0 Å². The van der Waals surface area contributed by atoms with Crippen LogP contribution < -0.4 is 5.32 Å². The summed E-state index contributed by atoms with van der Waals surface area (Å²) >= 11 is 0. The second kappa shape index (κ2) is 6.57. The van der Waals surface area contributed by atoms with Crippen LogP contribution in [-0.4, -0.2) is 31.1 Å². The summed E-state index contributed by atoms with van der Waals surface area (Å²) in [6.45, 7) is 2.98. The van der Waals surface area contributed by atoms with Gasteiger partial charge in [-0.15, -0.1) is 0 Å². The number of rotatable bonds is 3. The highest BCUT2D eigenvalue weighted by Crippen LogP contribution is 2.41. The predicted molar refractivity (Wildman–Crippen MR) is 79.7 cm³/mol. The van der Waals surface area contributed by atoms with Gasteiger partial charge in [0.1, 0.15) is 5.78 Å². The van der Waals surface area contributed by atoms with Gasteiger partial charge in [0.2, 0.25) is 0 Å². The first-order chi connectivity index (χ1) is 9.77. The standard InChI is InChI=1S/C17H29NO2/c19-16(11-14-5-4-9-18-13-14)15-6-10-20-17(12-15)7-2-1-3-8-17/h14-15,18H,1-13H2. The fourth-order valence-electron chi connectivity index (χ4n) is 4.40. The number of piperidine rings is 1. The normalized spacial score (nSPS) is 34.0. The molecule has 0 aromatic rings. The molecule has 2 unspecified atom stereocenters. The summed E-state index contributed by atoms with van der Waals surface area (Å²) in [5.74, 6) is 1.39. The molecule has 2 saturated heterocycles. The molecule has 1 aliphatic carbocycles. The molecule has 0 aromatic heterocycles. The van der Waals surface area contributed by atoms with Crippen LogP contribution in [0, 0.1) is 11.8 Å². The van der Waals surface area contributed by atoms with Crippen molar-refractivity contribution in [2.75, 3.05) is 19.7 Å². The number of hydrogen-bond donors (Lipinski definition) is 1. The molecule has 2 atom stereocenters. The van der Waals surface area contributed by atoms with E-state index < -0.39 is 0 Å². The van der Waals surface area contributed by atoms with Crippen molar-refractivity contribution in [3.8, 4) is 0 Å². The highest BCUT2D eigenvalue weighted by molar-refractivity contribution is 5.81. The lowest BCUT2D eigenvalue weighted by molar-refractivity contribution is -0.143. The first-order valence-electron chi connectivity index (χ1n) is 8.65. The molecule has 114 valence electrons. The third-order valence-corrected chi connectivity index (χ3v) is 5.60. The van der Waals surface area contributed by atoms with Gasteiger partial charge in [0.25, 0.3) is 0 Å². The van der Waals surface area contributed by atoms with Crippen LogP contribution in [0.2, 0.25) is 0 Å². The summed E-state index contributed by atoms with van der Waals surface area (Å²) in [5.41, 5.74) is 0.0711. The second-order valence-corrected chi connectivity index (χ2v) is 7.16. The van der Waals surface area contributed by atoms with Crippen molar-refractivity contribution in [1.82, 2.24) is 5.32 Å². The molecule has 3 rings (SSSR count). The van der Waals surface area contributed by atoms with Crippen LogP contribution in [0.1, 0.15) is 64.2 Å². The Bertz CT molecular complexity index is 324. The largest absolute Gasteiger partial charge is 0.375 e. The van der Waals surface area contributed by atoms with Crippen molar-refractivity contribution >= 4 is 5.78 Å². The third-order valence-electron chi connectivity index (χ3n) is 5.60. The van der Waals surface area contributed by atoms with E-state index in [2.05, 4.69) is 5.32 Å². The number of ketones is 1. The van der Waals surface area contributed by atoms with E-state index >= 15 is 0 Å². The molecule has 3 aliphatic rings. The van der Waals surface area contributed by atoms with Crippen molar-refractivity contribution in [2.24, 2.45) is 11.8 Å². The summed E-state index contributed by atoms with van der Waals surface area (Å²) < 4.78 is 6.11. The Morgan fingerprint density at radius 2 is 2.00 bits per heavy atom. The Balaban J connectivity index is 1.54. The highest BCUT2D eigenvalue weighted by atomic mass is 16.5. The maximum absolute atomic E-state index is 12.6. The minimum atomic E-state index is 0.0711. The summed E-state index contributed by atoms with van der Waals surface area (Å²) in [4.78, 5) is 12.6. The Morgan fingerprint density at radius 1 is 1.15 bits per heavy atom. The van der Waals surface area contributed by atoms with Crippen LogP contribution >= 0.6 is 0 Å². The van der Waals surface area contributed by atoms with Crippen molar-refractivity contribution in [3.05, 3.63) is 0 Å². The molecule has 0 radical (unpaired) electrons. The van der Waals surface area contributed by atoms with E-state index in [0.717, 1.165) is 39.0 Å². The van der Waals surface area contributed by atoms with E-state index in [0.29, 0.717) is 11.7 Å². The minimum Gasteiger partial charge on any atom is -0.375 e. The molecule has 3 fully saturated rings. The molecule has 1 N–H and O–H groups in total. The van der Waals surface area contributed by atoms with Crippen molar-refractivity contribution in [2.45, 2.75) is 69.8 Å². The fraction of sp³-hybridized carbons (Fsp3) is 0.941. The van der Waals surface area contributed by atoms with Crippen LogP contribution in [0.15, 0.2) is 0 Å². The molecule has 1 spiro atoms. The number of Topliss-reactive ketones (excluding diaryl/α,β-unsaturated/α-hetero) is 1. The highest BCUT2D eigenvalue weighted by Gasteiger charge is 2.40. The molecule has 3 heteroatoms. The topological polar surface area (TPSA) is 38.3 Å². The van der Waals surface area contributed by atoms with Crippen LogP contribution in [-0.2, 0) is 9.53 Å². The van der Waals surface area contributed by atoms with Crippen LogP contribution in [0.4, 0.5) is 0 Å². The maximum Gasteiger partial charge on any atom is 0.136 e. The number of nitrogens with one attached hydrogen (secondary N) is 1. The van der Waals surface area contributed by atoms with Gasteiger partial charge >= 0.3 is 0 Å². The number of ether oxygens (including phenoxy) is 1. The molecule has 1 saturated carbocycles. The number of carbonyl (C=O) groups excluding carboxylic acids is 1. The zero-order chi connectivity index (χ0) is 13.8. The van der Waals surface area contributed by atoms with Gasteiger partial charge in [-0.3, -0.25) is 4.79 Å². The third kappa shape index (κ3) is 3.43. The zero-order valence-corrected chi connectivity index (χ0v) is 12.7. The first kappa shape index (κ1) is 14.5. The predicted octanol–water partition coefficient (Wildman–Crippen LogP) is 3.07. The molecule has 0 bridgehead atoms. The first-order valence-corrected chi connectivity index (χ1v) is 8.65. The Hall–Kier alpha value is -0.410. The quantitative estimate of drug-likeness (QED) is 0.863. The molecule has 2 aliphatic heterocycles. The Kier molecular flexibility index (Phi) is 4.77. The average Bonchev–Trinajstić information content (AvgIpc) is 2.49. The summed E-state index contributed by atoms with van der Waals surface area (Å²) in [7, 11) is 0. The van der Waals surface area contributed by atoms with Crippen LogP contribution in [0.25, 0.3) is 0 Å². The lowest BCUT2D eigenvalue weighted by Crippen LogP contribution is -2.44. The summed E-state index contributed by atoms with van der Waals surface area (Å²) in [6, 6.07) is 0. The van der Waals surface area contributed by atoms with E-state index in [1.54, 1.807) is 0 Å². The van der Waals surface area contributed by atoms with Gasteiger partial charge < -0.3 is 10.1 Å². The van der Waals surface area contributed by atoms with Crippen molar-refractivity contribution < 1.29 is 9.53 Å². The molecular formula is C17H29NO2. The molecule has 3 nitrogen and oxygen atoms in total. The molecule has 2 heterocycles. The molecule has 0 aromatic carbocycles.